The highest BCUT2D eigenvalue weighted by molar-refractivity contribution is 6.30. The summed E-state index contributed by atoms with van der Waals surface area (Å²) in [5.41, 5.74) is 1.53. The van der Waals surface area contributed by atoms with E-state index < -0.39 is 0 Å². The molecule has 0 spiro atoms. The second kappa shape index (κ2) is 8.05. The average Bonchev–Trinajstić information content (AvgIpc) is 2.63. The summed E-state index contributed by atoms with van der Waals surface area (Å²) < 4.78 is 5.86. The Bertz CT molecular complexity index is 785. The third kappa shape index (κ3) is 4.53. The molecular formula is C20H23ClN4O. The van der Waals surface area contributed by atoms with Gasteiger partial charge in [-0.2, -0.15) is 5.26 Å². The SMILES string of the molecule is CC1(C)CN(C(CNc2ncccc2C#N)c2ccc(Cl)cc2)CCO1. The lowest BCUT2D eigenvalue weighted by Crippen LogP contribution is -2.50. The molecule has 1 aromatic heterocycles. The van der Waals surface area contributed by atoms with Crippen LogP contribution in [0.25, 0.3) is 0 Å². The van der Waals surface area contributed by atoms with E-state index in [4.69, 9.17) is 16.3 Å². The number of hydrogen-bond donors (Lipinski definition) is 1. The maximum absolute atomic E-state index is 9.28. The Morgan fingerprint density at radius 1 is 1.35 bits per heavy atom. The third-order valence-electron chi connectivity index (χ3n) is 4.54. The number of morpholine rings is 1. The van der Waals surface area contributed by atoms with Crippen LogP contribution in [0.3, 0.4) is 0 Å². The van der Waals surface area contributed by atoms with Crippen LogP contribution in [0.2, 0.25) is 5.02 Å². The van der Waals surface area contributed by atoms with Crippen LogP contribution in [-0.4, -0.2) is 41.7 Å². The molecule has 0 bridgehead atoms. The minimum absolute atomic E-state index is 0.129. The predicted molar refractivity (Wildman–Crippen MR) is 103 cm³/mol. The first-order chi connectivity index (χ1) is 12.5. The van der Waals surface area contributed by atoms with Crippen LogP contribution >= 0.6 is 11.6 Å². The van der Waals surface area contributed by atoms with Gasteiger partial charge in [0.2, 0.25) is 0 Å². The van der Waals surface area contributed by atoms with Gasteiger partial charge in [0.15, 0.2) is 0 Å². The van der Waals surface area contributed by atoms with Crippen molar-refractivity contribution in [2.45, 2.75) is 25.5 Å². The molecule has 2 aromatic rings. The summed E-state index contributed by atoms with van der Waals surface area (Å²) in [6, 6.07) is 13.8. The minimum Gasteiger partial charge on any atom is -0.373 e. The number of nitrogens with zero attached hydrogens (tertiary/aromatic N) is 3. The van der Waals surface area contributed by atoms with E-state index in [1.165, 1.54) is 5.56 Å². The van der Waals surface area contributed by atoms with Gasteiger partial charge in [-0.25, -0.2) is 4.98 Å². The first-order valence-corrected chi connectivity index (χ1v) is 9.09. The van der Waals surface area contributed by atoms with Gasteiger partial charge in [-0.15, -0.1) is 0 Å². The quantitative estimate of drug-likeness (QED) is 0.865. The highest BCUT2D eigenvalue weighted by Gasteiger charge is 2.32. The first-order valence-electron chi connectivity index (χ1n) is 8.71. The Balaban J connectivity index is 1.83. The smallest absolute Gasteiger partial charge is 0.143 e. The molecule has 1 unspecified atom stereocenters. The number of aromatic nitrogens is 1. The molecular weight excluding hydrogens is 348 g/mol. The number of ether oxygens (including phenoxy) is 1. The van der Waals surface area contributed by atoms with Crippen molar-refractivity contribution in [1.29, 1.82) is 5.26 Å². The summed E-state index contributed by atoms with van der Waals surface area (Å²) in [4.78, 5) is 6.72. The maximum Gasteiger partial charge on any atom is 0.143 e. The van der Waals surface area contributed by atoms with E-state index in [1.807, 2.05) is 12.1 Å². The standard InChI is InChI=1S/C20H23ClN4O/c1-20(2)14-25(10-11-26-20)18(15-5-7-17(21)8-6-15)13-24-19-16(12-22)4-3-9-23-19/h3-9,18H,10-11,13-14H2,1-2H3,(H,23,24). The summed E-state index contributed by atoms with van der Waals surface area (Å²) in [5, 5.41) is 13.4. The summed E-state index contributed by atoms with van der Waals surface area (Å²) in [6.07, 6.45) is 1.69. The molecule has 2 heterocycles. The molecule has 1 N–H and O–H groups in total. The molecule has 0 saturated carbocycles. The van der Waals surface area contributed by atoms with Crippen molar-refractivity contribution in [3.05, 3.63) is 58.7 Å². The molecule has 0 aliphatic carbocycles. The van der Waals surface area contributed by atoms with Gasteiger partial charge in [-0.3, -0.25) is 4.90 Å². The Kier molecular flexibility index (Phi) is 5.77. The summed E-state index contributed by atoms with van der Waals surface area (Å²) in [5.74, 6) is 0.612. The van der Waals surface area contributed by atoms with Crippen LogP contribution in [0.5, 0.6) is 0 Å². The van der Waals surface area contributed by atoms with E-state index in [2.05, 4.69) is 47.3 Å². The van der Waals surface area contributed by atoms with Gasteiger partial charge in [0.25, 0.3) is 0 Å². The van der Waals surface area contributed by atoms with Gasteiger partial charge in [0.1, 0.15) is 11.9 Å². The maximum atomic E-state index is 9.28. The molecule has 1 atom stereocenters. The van der Waals surface area contributed by atoms with Gasteiger partial charge in [-0.05, 0) is 43.7 Å². The second-order valence-electron chi connectivity index (χ2n) is 7.04. The summed E-state index contributed by atoms with van der Waals surface area (Å²) >= 11 is 6.06. The molecule has 0 amide bonds. The van der Waals surface area contributed by atoms with E-state index in [0.29, 0.717) is 24.5 Å². The fraction of sp³-hybridized carbons (Fsp3) is 0.400. The molecule has 6 heteroatoms. The Morgan fingerprint density at radius 2 is 2.12 bits per heavy atom. The summed E-state index contributed by atoms with van der Waals surface area (Å²) in [6.45, 7) is 7.24. The largest absolute Gasteiger partial charge is 0.373 e. The number of nitrogens with one attached hydrogen (secondary N) is 1. The van der Waals surface area contributed by atoms with Gasteiger partial charge in [0.05, 0.1) is 23.8 Å². The van der Waals surface area contributed by atoms with Crippen molar-refractivity contribution in [2.24, 2.45) is 0 Å². The van der Waals surface area contributed by atoms with Crippen LogP contribution in [0.15, 0.2) is 42.6 Å². The van der Waals surface area contributed by atoms with Crippen LogP contribution in [-0.2, 0) is 4.74 Å². The van der Waals surface area contributed by atoms with E-state index in [9.17, 15) is 5.26 Å². The number of benzene rings is 1. The van der Waals surface area contributed by atoms with Gasteiger partial charge in [0, 0.05) is 30.9 Å². The Morgan fingerprint density at radius 3 is 2.81 bits per heavy atom. The summed E-state index contributed by atoms with van der Waals surface area (Å²) in [7, 11) is 0. The van der Waals surface area contributed by atoms with Crippen molar-refractivity contribution >= 4 is 17.4 Å². The topological polar surface area (TPSA) is 61.2 Å². The fourth-order valence-electron chi connectivity index (χ4n) is 3.29. The van der Waals surface area contributed by atoms with Crippen LogP contribution in [0.4, 0.5) is 5.82 Å². The van der Waals surface area contributed by atoms with Crippen LogP contribution < -0.4 is 5.32 Å². The molecule has 3 rings (SSSR count). The van der Waals surface area contributed by atoms with E-state index in [1.54, 1.807) is 18.3 Å². The molecule has 1 saturated heterocycles. The Labute approximate surface area is 159 Å². The molecule has 1 fully saturated rings. The molecule has 0 radical (unpaired) electrons. The van der Waals surface area contributed by atoms with Crippen LogP contribution in [0.1, 0.15) is 31.0 Å². The molecule has 1 aliphatic rings. The lowest BCUT2D eigenvalue weighted by atomic mass is 10.0. The normalized spacial score (nSPS) is 18.1. The zero-order valence-corrected chi connectivity index (χ0v) is 15.8. The highest BCUT2D eigenvalue weighted by Crippen LogP contribution is 2.28. The van der Waals surface area contributed by atoms with E-state index in [-0.39, 0.29) is 11.6 Å². The van der Waals surface area contributed by atoms with E-state index >= 15 is 0 Å². The lowest BCUT2D eigenvalue weighted by Gasteiger charge is -2.42. The predicted octanol–water partition coefficient (Wildman–Crippen LogP) is 3.87. The van der Waals surface area contributed by atoms with Gasteiger partial charge < -0.3 is 10.1 Å². The van der Waals surface area contributed by atoms with Crippen molar-refractivity contribution in [3.8, 4) is 6.07 Å². The van der Waals surface area contributed by atoms with Crippen molar-refractivity contribution < 1.29 is 4.74 Å². The number of pyridine rings is 1. The third-order valence-corrected chi connectivity index (χ3v) is 4.79. The molecule has 5 nitrogen and oxygen atoms in total. The molecule has 1 aromatic carbocycles. The van der Waals surface area contributed by atoms with Crippen molar-refractivity contribution in [3.63, 3.8) is 0 Å². The molecule has 26 heavy (non-hydrogen) atoms. The highest BCUT2D eigenvalue weighted by atomic mass is 35.5. The zero-order valence-electron chi connectivity index (χ0n) is 15.1. The first kappa shape index (κ1) is 18.7. The molecule has 1 aliphatic heterocycles. The zero-order chi connectivity index (χ0) is 18.6. The number of anilines is 1. The monoisotopic (exact) mass is 370 g/mol. The molecule has 136 valence electrons. The average molecular weight is 371 g/mol. The number of hydrogen-bond acceptors (Lipinski definition) is 5. The van der Waals surface area contributed by atoms with Crippen molar-refractivity contribution in [1.82, 2.24) is 9.88 Å². The van der Waals surface area contributed by atoms with Gasteiger partial charge >= 0.3 is 0 Å². The fourth-order valence-corrected chi connectivity index (χ4v) is 3.42. The number of nitriles is 1. The Hall–Kier alpha value is -2.13. The lowest BCUT2D eigenvalue weighted by molar-refractivity contribution is -0.0963. The number of halogens is 1. The van der Waals surface area contributed by atoms with E-state index in [0.717, 1.165) is 18.1 Å². The van der Waals surface area contributed by atoms with Gasteiger partial charge in [-0.1, -0.05) is 23.7 Å². The minimum atomic E-state index is -0.189. The number of rotatable bonds is 5. The van der Waals surface area contributed by atoms with Crippen molar-refractivity contribution in [2.75, 3.05) is 31.6 Å². The second-order valence-corrected chi connectivity index (χ2v) is 7.47. The van der Waals surface area contributed by atoms with Crippen LogP contribution in [0, 0.1) is 11.3 Å².